The number of nitrogens with zero attached hydrogens (tertiary/aromatic N) is 2. The van der Waals surface area contributed by atoms with Crippen molar-refractivity contribution in [1.82, 2.24) is 10.1 Å². The Balaban J connectivity index is 2.19. The molecule has 2 rings (SSSR count). The second-order valence-electron chi connectivity index (χ2n) is 3.47. The van der Waals surface area contributed by atoms with Crippen LogP contribution in [0.25, 0.3) is 11.1 Å². The molecule has 0 spiro atoms. The first-order valence-corrected chi connectivity index (χ1v) is 5.10. The van der Waals surface area contributed by atoms with Gasteiger partial charge < -0.3 is 4.52 Å². The van der Waals surface area contributed by atoms with Crippen LogP contribution in [0.1, 0.15) is 31.7 Å². The third kappa shape index (κ3) is 1.76. The monoisotopic (exact) mass is 190 g/mol. The molecule has 3 heteroatoms. The van der Waals surface area contributed by atoms with Crippen molar-refractivity contribution in [3.63, 3.8) is 0 Å². The Morgan fingerprint density at radius 1 is 1.36 bits per heavy atom. The molecule has 0 amide bonds. The highest BCUT2D eigenvalue weighted by Gasteiger charge is 2.05. The first-order chi connectivity index (χ1) is 6.92. The Morgan fingerprint density at radius 2 is 2.29 bits per heavy atom. The Morgan fingerprint density at radius 3 is 3.14 bits per heavy atom. The fraction of sp³-hybridized carbons (Fsp3) is 0.455. The van der Waals surface area contributed by atoms with Crippen LogP contribution < -0.4 is 0 Å². The molecule has 2 aromatic heterocycles. The van der Waals surface area contributed by atoms with E-state index in [-0.39, 0.29) is 0 Å². The minimum atomic E-state index is 0.851. The zero-order valence-electron chi connectivity index (χ0n) is 8.36. The maximum absolute atomic E-state index is 5.17. The van der Waals surface area contributed by atoms with E-state index in [0.717, 1.165) is 17.5 Å². The largest absolute Gasteiger partial charge is 0.354 e. The van der Waals surface area contributed by atoms with Crippen molar-refractivity contribution >= 4 is 11.1 Å². The van der Waals surface area contributed by atoms with E-state index in [9.17, 15) is 0 Å². The lowest BCUT2D eigenvalue weighted by atomic mass is 10.1. The fourth-order valence-electron chi connectivity index (χ4n) is 1.60. The molecule has 0 aliphatic heterocycles. The molecule has 0 fully saturated rings. The van der Waals surface area contributed by atoms with Crippen molar-refractivity contribution in [1.29, 1.82) is 0 Å². The minimum Gasteiger partial charge on any atom is -0.354 e. The fourth-order valence-corrected chi connectivity index (χ4v) is 1.60. The summed E-state index contributed by atoms with van der Waals surface area (Å²) >= 11 is 0. The number of fused-ring (bicyclic) bond motifs is 1. The van der Waals surface area contributed by atoms with Crippen LogP contribution in [0.4, 0.5) is 0 Å². The van der Waals surface area contributed by atoms with Gasteiger partial charge in [-0.3, -0.25) is 4.98 Å². The molecule has 2 heterocycles. The molecule has 74 valence electrons. The molecule has 0 radical (unpaired) electrons. The topological polar surface area (TPSA) is 38.9 Å². The molecule has 14 heavy (non-hydrogen) atoms. The first kappa shape index (κ1) is 9.19. The second kappa shape index (κ2) is 4.22. The summed E-state index contributed by atoms with van der Waals surface area (Å²) in [6.07, 6.45) is 8.25. The smallest absolute Gasteiger partial charge is 0.188 e. The van der Waals surface area contributed by atoms with Gasteiger partial charge in [-0.15, -0.1) is 0 Å². The highest BCUT2D eigenvalue weighted by molar-refractivity contribution is 5.74. The van der Waals surface area contributed by atoms with E-state index in [1.54, 1.807) is 6.20 Å². The van der Waals surface area contributed by atoms with E-state index >= 15 is 0 Å². The van der Waals surface area contributed by atoms with Crippen molar-refractivity contribution in [2.75, 3.05) is 0 Å². The van der Waals surface area contributed by atoms with Crippen LogP contribution in [0.15, 0.2) is 23.0 Å². The van der Waals surface area contributed by atoms with E-state index in [1.807, 2.05) is 12.3 Å². The molecular formula is C11H14N2O. The van der Waals surface area contributed by atoms with Gasteiger partial charge in [-0.2, -0.15) is 0 Å². The van der Waals surface area contributed by atoms with Crippen molar-refractivity contribution < 1.29 is 4.52 Å². The molecule has 0 unspecified atom stereocenters. The second-order valence-corrected chi connectivity index (χ2v) is 3.47. The highest BCUT2D eigenvalue weighted by atomic mass is 16.5. The lowest BCUT2D eigenvalue weighted by Gasteiger charge is -1.99. The van der Waals surface area contributed by atoms with Gasteiger partial charge in [0, 0.05) is 11.8 Å². The van der Waals surface area contributed by atoms with Gasteiger partial charge in [0.15, 0.2) is 5.58 Å². The summed E-state index contributed by atoms with van der Waals surface area (Å²) in [4.78, 5) is 4.17. The summed E-state index contributed by atoms with van der Waals surface area (Å²) in [6, 6.07) is 2.02. The van der Waals surface area contributed by atoms with Crippen molar-refractivity contribution in [2.45, 2.75) is 32.6 Å². The molecule has 2 aromatic rings. The molecule has 0 aromatic carbocycles. The van der Waals surface area contributed by atoms with Crippen LogP contribution in [0.5, 0.6) is 0 Å². The first-order valence-electron chi connectivity index (χ1n) is 5.10. The van der Waals surface area contributed by atoms with Gasteiger partial charge in [0.05, 0.1) is 6.20 Å². The average molecular weight is 190 g/mol. The zero-order chi connectivity index (χ0) is 9.80. The van der Waals surface area contributed by atoms with E-state index in [0.29, 0.717) is 0 Å². The quantitative estimate of drug-likeness (QED) is 0.696. The SMILES string of the molecule is CCCCCc1ccnc2cnoc12. The standard InChI is InChI=1S/C11H14N2O/c1-2-3-4-5-9-6-7-12-10-8-13-14-11(9)10/h6-8H,2-5H2,1H3. The van der Waals surface area contributed by atoms with Gasteiger partial charge in [-0.05, 0) is 18.9 Å². The maximum atomic E-state index is 5.17. The number of pyridine rings is 1. The van der Waals surface area contributed by atoms with E-state index in [4.69, 9.17) is 4.52 Å². The Kier molecular flexibility index (Phi) is 2.77. The van der Waals surface area contributed by atoms with Crippen LogP contribution in [0.3, 0.4) is 0 Å². The zero-order valence-corrected chi connectivity index (χ0v) is 8.36. The number of aromatic nitrogens is 2. The number of rotatable bonds is 4. The van der Waals surface area contributed by atoms with Gasteiger partial charge in [-0.25, -0.2) is 0 Å². The normalized spacial score (nSPS) is 10.9. The third-order valence-electron chi connectivity index (χ3n) is 2.38. The number of hydrogen-bond acceptors (Lipinski definition) is 3. The molecule has 0 saturated heterocycles. The Hall–Kier alpha value is -1.38. The van der Waals surface area contributed by atoms with Crippen molar-refractivity contribution in [2.24, 2.45) is 0 Å². The molecule has 0 aliphatic rings. The van der Waals surface area contributed by atoms with Crippen LogP contribution in [0, 0.1) is 0 Å². The molecular weight excluding hydrogens is 176 g/mol. The number of hydrogen-bond donors (Lipinski definition) is 0. The minimum absolute atomic E-state index is 0.851. The van der Waals surface area contributed by atoms with Gasteiger partial charge in [0.2, 0.25) is 0 Å². The summed E-state index contributed by atoms with van der Waals surface area (Å²) in [7, 11) is 0. The molecule has 0 bridgehead atoms. The van der Waals surface area contributed by atoms with Gasteiger partial charge in [-0.1, -0.05) is 24.9 Å². The van der Waals surface area contributed by atoms with Crippen LogP contribution in [-0.2, 0) is 6.42 Å². The van der Waals surface area contributed by atoms with Crippen LogP contribution in [-0.4, -0.2) is 10.1 Å². The van der Waals surface area contributed by atoms with E-state index in [2.05, 4.69) is 17.1 Å². The van der Waals surface area contributed by atoms with Gasteiger partial charge in [0.1, 0.15) is 5.52 Å². The van der Waals surface area contributed by atoms with E-state index < -0.39 is 0 Å². The van der Waals surface area contributed by atoms with Crippen molar-refractivity contribution in [3.8, 4) is 0 Å². The van der Waals surface area contributed by atoms with Crippen LogP contribution >= 0.6 is 0 Å². The summed E-state index contributed by atoms with van der Waals surface area (Å²) in [6.45, 7) is 2.20. The van der Waals surface area contributed by atoms with Crippen LogP contribution in [0.2, 0.25) is 0 Å². The third-order valence-corrected chi connectivity index (χ3v) is 2.38. The Labute approximate surface area is 83.1 Å². The van der Waals surface area contributed by atoms with Crippen molar-refractivity contribution in [3.05, 3.63) is 24.0 Å². The molecule has 0 atom stereocenters. The predicted molar refractivity (Wildman–Crippen MR) is 55.0 cm³/mol. The predicted octanol–water partition coefficient (Wildman–Crippen LogP) is 2.96. The van der Waals surface area contributed by atoms with E-state index in [1.165, 1.54) is 24.8 Å². The average Bonchev–Trinajstić information content (AvgIpc) is 2.67. The summed E-state index contributed by atoms with van der Waals surface area (Å²) in [5.74, 6) is 0. The molecule has 3 nitrogen and oxygen atoms in total. The lowest BCUT2D eigenvalue weighted by molar-refractivity contribution is 0.453. The number of aryl methyl sites for hydroxylation is 1. The molecule has 0 N–H and O–H groups in total. The summed E-state index contributed by atoms with van der Waals surface area (Å²) in [5.41, 5.74) is 2.93. The number of unbranched alkanes of at least 4 members (excludes halogenated alkanes) is 2. The maximum Gasteiger partial charge on any atom is 0.188 e. The lowest BCUT2D eigenvalue weighted by Crippen LogP contribution is -1.87. The Bertz CT molecular complexity index is 408. The molecule has 0 aliphatic carbocycles. The summed E-state index contributed by atoms with van der Waals surface area (Å²) in [5, 5.41) is 3.75. The molecule has 0 saturated carbocycles. The van der Waals surface area contributed by atoms with Gasteiger partial charge in [0.25, 0.3) is 0 Å². The summed E-state index contributed by atoms with van der Waals surface area (Å²) < 4.78 is 5.17. The van der Waals surface area contributed by atoms with Gasteiger partial charge >= 0.3 is 0 Å². The highest BCUT2D eigenvalue weighted by Crippen LogP contribution is 2.17.